The number of hydrogen-bond acceptors (Lipinski definition) is 4. The summed E-state index contributed by atoms with van der Waals surface area (Å²) in [6.45, 7) is 0. The molecule has 0 radical (unpaired) electrons. The van der Waals surface area contributed by atoms with Gasteiger partial charge < -0.3 is 0 Å². The van der Waals surface area contributed by atoms with Gasteiger partial charge in [0.05, 0.1) is 11.4 Å². The first-order valence-electron chi connectivity index (χ1n) is 8.05. The van der Waals surface area contributed by atoms with Crippen molar-refractivity contribution >= 4 is 28.5 Å². The number of rotatable bonds is 4. The lowest BCUT2D eigenvalue weighted by Crippen LogP contribution is -2.42. The molecule has 0 spiro atoms. The van der Waals surface area contributed by atoms with Gasteiger partial charge >= 0.3 is 0 Å². The summed E-state index contributed by atoms with van der Waals surface area (Å²) in [5, 5.41) is 2.63. The van der Waals surface area contributed by atoms with Gasteiger partial charge in [-0.05, 0) is 60.0 Å². The zero-order valence-electron chi connectivity index (χ0n) is 13.5. The Labute approximate surface area is 151 Å². The molecule has 0 bridgehead atoms. The van der Waals surface area contributed by atoms with E-state index < -0.39 is 0 Å². The van der Waals surface area contributed by atoms with Gasteiger partial charge in [0.15, 0.2) is 0 Å². The Balaban J connectivity index is 1.60. The van der Waals surface area contributed by atoms with Crippen LogP contribution in [0.4, 0.5) is 11.4 Å². The average Bonchev–Trinajstić information content (AvgIpc) is 2.66. The van der Waals surface area contributed by atoms with Gasteiger partial charge in [-0.15, -0.1) is 0 Å². The minimum atomic E-state index is 0.720. The van der Waals surface area contributed by atoms with Crippen molar-refractivity contribution in [1.82, 2.24) is 10.4 Å². The molecule has 124 valence electrons. The van der Waals surface area contributed by atoms with Crippen molar-refractivity contribution in [1.29, 1.82) is 0 Å². The van der Waals surface area contributed by atoms with E-state index in [1.807, 2.05) is 66.2 Å². The lowest BCUT2D eigenvalue weighted by Gasteiger charge is -2.32. The Morgan fingerprint density at radius 3 is 2.52 bits per heavy atom. The van der Waals surface area contributed by atoms with Crippen LogP contribution in [0.3, 0.4) is 0 Å². The summed E-state index contributed by atoms with van der Waals surface area (Å²) in [5.74, 6) is 0. The number of pyridine rings is 1. The van der Waals surface area contributed by atoms with Gasteiger partial charge in [0.1, 0.15) is 0 Å². The summed E-state index contributed by atoms with van der Waals surface area (Å²) in [4.78, 5) is 4.09. The van der Waals surface area contributed by atoms with Crippen LogP contribution in [-0.4, -0.2) is 4.98 Å². The second-order valence-corrected chi connectivity index (χ2v) is 6.24. The van der Waals surface area contributed by atoms with Gasteiger partial charge in [-0.25, -0.2) is 0 Å². The molecule has 4 rings (SSSR count). The van der Waals surface area contributed by atoms with Crippen molar-refractivity contribution in [3.63, 3.8) is 0 Å². The molecule has 2 N–H and O–H groups in total. The molecule has 0 fully saturated rings. The van der Waals surface area contributed by atoms with Crippen LogP contribution >= 0.6 is 11.6 Å². The van der Waals surface area contributed by atoms with Crippen LogP contribution < -0.4 is 16.0 Å². The molecule has 3 aromatic rings. The molecule has 1 aromatic heterocycles. The molecule has 0 saturated carbocycles. The number of anilines is 2. The highest BCUT2D eigenvalue weighted by molar-refractivity contribution is 6.30. The van der Waals surface area contributed by atoms with Gasteiger partial charge in [0.25, 0.3) is 0 Å². The molecule has 0 aliphatic carbocycles. The fourth-order valence-electron chi connectivity index (χ4n) is 2.84. The quantitative estimate of drug-likeness (QED) is 0.718. The predicted octanol–water partition coefficient (Wildman–Crippen LogP) is 4.67. The number of aromatic nitrogens is 1. The molecule has 1 aliphatic rings. The van der Waals surface area contributed by atoms with Gasteiger partial charge in [0, 0.05) is 29.2 Å². The van der Waals surface area contributed by atoms with E-state index >= 15 is 0 Å². The molecule has 0 saturated heterocycles. The van der Waals surface area contributed by atoms with E-state index in [2.05, 4.69) is 34.0 Å². The van der Waals surface area contributed by atoms with Gasteiger partial charge in [-0.2, -0.15) is 5.12 Å². The summed E-state index contributed by atoms with van der Waals surface area (Å²) >= 11 is 5.96. The van der Waals surface area contributed by atoms with Crippen molar-refractivity contribution in [2.75, 3.05) is 10.5 Å². The van der Waals surface area contributed by atoms with E-state index in [0.29, 0.717) is 0 Å². The molecular formula is C20H17ClN4. The van der Waals surface area contributed by atoms with Crippen molar-refractivity contribution in [2.45, 2.75) is 6.42 Å². The molecule has 2 aromatic carbocycles. The Morgan fingerprint density at radius 1 is 0.960 bits per heavy atom. The van der Waals surface area contributed by atoms with E-state index in [1.54, 1.807) is 0 Å². The standard InChI is InChI=1S/C20H17ClN4/c21-17-5-7-18(8-6-17)24-25-20-4-2-1-3-19(20)16(14-23-25)13-15-9-11-22-12-10-15/h1-12,14,23-24H,13H2. The van der Waals surface area contributed by atoms with Gasteiger partial charge in [-0.1, -0.05) is 29.8 Å². The normalized spacial score (nSPS) is 12.8. The molecule has 0 amide bonds. The van der Waals surface area contributed by atoms with E-state index in [4.69, 9.17) is 11.6 Å². The maximum atomic E-state index is 5.96. The van der Waals surface area contributed by atoms with Crippen molar-refractivity contribution in [2.24, 2.45) is 0 Å². The first kappa shape index (κ1) is 15.5. The second-order valence-electron chi connectivity index (χ2n) is 5.80. The molecule has 0 unspecified atom stereocenters. The lowest BCUT2D eigenvalue weighted by molar-refractivity contribution is 0.810. The first-order chi connectivity index (χ1) is 12.3. The Hall–Kier alpha value is -2.98. The number of nitrogens with one attached hydrogen (secondary N) is 2. The highest BCUT2D eigenvalue weighted by Gasteiger charge is 2.18. The van der Waals surface area contributed by atoms with Crippen molar-refractivity contribution < 1.29 is 0 Å². The zero-order valence-corrected chi connectivity index (χ0v) is 14.2. The summed E-state index contributed by atoms with van der Waals surface area (Å²) in [7, 11) is 0. The number of allylic oxidation sites excluding steroid dienone is 1. The molecule has 1 aliphatic heterocycles. The topological polar surface area (TPSA) is 40.2 Å². The van der Waals surface area contributed by atoms with E-state index in [1.165, 1.54) is 16.7 Å². The number of benzene rings is 2. The Bertz CT molecular complexity index is 891. The summed E-state index contributed by atoms with van der Waals surface area (Å²) in [5.41, 5.74) is 12.4. The predicted molar refractivity (Wildman–Crippen MR) is 103 cm³/mol. The summed E-state index contributed by atoms with van der Waals surface area (Å²) in [6.07, 6.45) is 6.53. The van der Waals surface area contributed by atoms with Crippen molar-refractivity contribution in [3.8, 4) is 0 Å². The fraction of sp³-hybridized carbons (Fsp3) is 0.0500. The minimum Gasteiger partial charge on any atom is -0.287 e. The van der Waals surface area contributed by atoms with E-state index in [9.17, 15) is 0 Å². The van der Waals surface area contributed by atoms with Crippen LogP contribution in [0.2, 0.25) is 5.02 Å². The van der Waals surface area contributed by atoms with Crippen LogP contribution in [0.1, 0.15) is 11.1 Å². The number of nitrogens with zero attached hydrogens (tertiary/aromatic N) is 2. The summed E-state index contributed by atoms with van der Waals surface area (Å²) < 4.78 is 0. The molecular weight excluding hydrogens is 332 g/mol. The second kappa shape index (κ2) is 6.87. The van der Waals surface area contributed by atoms with Crippen LogP contribution in [0.25, 0.3) is 5.57 Å². The highest BCUT2D eigenvalue weighted by atomic mass is 35.5. The molecule has 0 atom stereocenters. The van der Waals surface area contributed by atoms with Crippen LogP contribution in [0, 0.1) is 0 Å². The molecule has 5 heteroatoms. The maximum Gasteiger partial charge on any atom is 0.0887 e. The minimum absolute atomic E-state index is 0.720. The average molecular weight is 349 g/mol. The Morgan fingerprint density at radius 2 is 1.72 bits per heavy atom. The van der Waals surface area contributed by atoms with Crippen LogP contribution in [0.15, 0.2) is 79.3 Å². The van der Waals surface area contributed by atoms with Gasteiger partial charge in [0.2, 0.25) is 0 Å². The van der Waals surface area contributed by atoms with E-state index in [-0.39, 0.29) is 0 Å². The molecule has 25 heavy (non-hydrogen) atoms. The maximum absolute atomic E-state index is 5.96. The molecule has 4 nitrogen and oxygen atoms in total. The third-order valence-electron chi connectivity index (χ3n) is 4.09. The SMILES string of the molecule is Clc1ccc(NN2NC=C(Cc3ccncc3)c3ccccc32)cc1. The molecule has 2 heterocycles. The number of halogens is 1. The van der Waals surface area contributed by atoms with E-state index in [0.717, 1.165) is 22.8 Å². The van der Waals surface area contributed by atoms with Crippen LogP contribution in [0.5, 0.6) is 0 Å². The highest BCUT2D eigenvalue weighted by Crippen LogP contribution is 2.31. The van der Waals surface area contributed by atoms with Gasteiger partial charge in [-0.3, -0.25) is 15.8 Å². The fourth-order valence-corrected chi connectivity index (χ4v) is 2.97. The monoisotopic (exact) mass is 348 g/mol. The zero-order chi connectivity index (χ0) is 17.1. The first-order valence-corrected chi connectivity index (χ1v) is 8.43. The van der Waals surface area contributed by atoms with Crippen molar-refractivity contribution in [3.05, 3.63) is 95.4 Å². The number of fused-ring (bicyclic) bond motifs is 1. The van der Waals surface area contributed by atoms with Crippen LogP contribution in [-0.2, 0) is 6.42 Å². The number of hydrogen-bond donors (Lipinski definition) is 2. The largest absolute Gasteiger partial charge is 0.287 e. The number of hydrazine groups is 2. The Kier molecular flexibility index (Phi) is 4.27. The third-order valence-corrected chi connectivity index (χ3v) is 4.34. The third kappa shape index (κ3) is 3.44. The lowest BCUT2D eigenvalue weighted by atomic mass is 9.97. The number of para-hydroxylation sites is 1. The smallest absolute Gasteiger partial charge is 0.0887 e. The summed E-state index contributed by atoms with van der Waals surface area (Å²) in [6, 6.07) is 20.0.